The number of nitriles is 1. The number of nitrogens with zero attached hydrogens (tertiary/aromatic N) is 1. The summed E-state index contributed by atoms with van der Waals surface area (Å²) in [6.45, 7) is 3.85. The number of benzene rings is 1. The molecular weight excluding hydrogens is 361 g/mol. The van der Waals surface area contributed by atoms with Crippen molar-refractivity contribution in [3.63, 3.8) is 0 Å². The van der Waals surface area contributed by atoms with E-state index in [0.29, 0.717) is 23.3 Å². The molecule has 0 bridgehead atoms. The van der Waals surface area contributed by atoms with Crippen molar-refractivity contribution < 1.29 is 27.4 Å². The number of nitrogens with two attached hydrogens (primary N) is 1. The highest BCUT2D eigenvalue weighted by Gasteiger charge is 2.43. The smallest absolute Gasteiger partial charge is 0.444 e. The van der Waals surface area contributed by atoms with Crippen molar-refractivity contribution in [2.24, 2.45) is 11.1 Å². The van der Waals surface area contributed by atoms with Crippen LogP contribution in [0.3, 0.4) is 0 Å². The van der Waals surface area contributed by atoms with Crippen molar-refractivity contribution in [2.45, 2.75) is 39.0 Å². The summed E-state index contributed by atoms with van der Waals surface area (Å²) < 4.78 is 46.5. The Morgan fingerprint density at radius 1 is 1.26 bits per heavy atom. The van der Waals surface area contributed by atoms with Crippen molar-refractivity contribution in [3.8, 4) is 11.8 Å². The number of ketones is 1. The molecule has 0 saturated heterocycles. The lowest BCUT2D eigenvalue weighted by Gasteiger charge is -2.37. The molecule has 3 rings (SSSR count). The molecule has 1 atom stereocenters. The number of rotatable bonds is 2. The van der Waals surface area contributed by atoms with Crippen LogP contribution in [0.25, 0.3) is 0 Å². The fourth-order valence-corrected chi connectivity index (χ4v) is 3.48. The molecule has 8 heteroatoms. The van der Waals surface area contributed by atoms with Crippen LogP contribution in [0.5, 0.6) is 5.75 Å². The number of allylic oxidation sites excluding steroid dienone is 3. The zero-order valence-electron chi connectivity index (χ0n) is 14.7. The van der Waals surface area contributed by atoms with Crippen LogP contribution in [0.1, 0.15) is 38.2 Å². The molecule has 142 valence electrons. The molecule has 2 N–H and O–H groups in total. The van der Waals surface area contributed by atoms with E-state index in [1.54, 1.807) is 0 Å². The summed E-state index contributed by atoms with van der Waals surface area (Å²) in [5, 5.41) is 9.50. The first kappa shape index (κ1) is 18.8. The third kappa shape index (κ3) is 3.77. The highest BCUT2D eigenvalue weighted by molar-refractivity contribution is 6.00. The number of Topliss-reactive ketones (excluding diaryl/α,β-unsaturated/α-hetero) is 1. The van der Waals surface area contributed by atoms with Crippen LogP contribution in [0.15, 0.2) is 47.1 Å². The van der Waals surface area contributed by atoms with Gasteiger partial charge in [-0.3, -0.25) is 4.79 Å². The van der Waals surface area contributed by atoms with Gasteiger partial charge in [-0.15, -0.1) is 13.2 Å². The van der Waals surface area contributed by atoms with Gasteiger partial charge in [0.05, 0.1) is 5.92 Å². The van der Waals surface area contributed by atoms with Gasteiger partial charge in [-0.1, -0.05) is 26.0 Å². The summed E-state index contributed by atoms with van der Waals surface area (Å²) >= 11 is 0. The van der Waals surface area contributed by atoms with Crippen LogP contribution >= 0.6 is 0 Å². The summed E-state index contributed by atoms with van der Waals surface area (Å²) in [4.78, 5) is 12.8. The maximum absolute atomic E-state index is 12.8. The topological polar surface area (TPSA) is 85.3 Å². The Labute approximate surface area is 153 Å². The lowest BCUT2D eigenvalue weighted by Crippen LogP contribution is -2.33. The van der Waals surface area contributed by atoms with E-state index in [2.05, 4.69) is 4.74 Å². The van der Waals surface area contributed by atoms with Gasteiger partial charge in [0.2, 0.25) is 5.88 Å². The molecule has 1 heterocycles. The quantitative estimate of drug-likeness (QED) is 0.840. The number of halogens is 3. The standard InChI is InChI=1S/C19H17F3N2O3/c1-18(2)7-13(25)16-14(8-18)26-17(24)12(9-23)15(16)10-3-5-11(6-4-10)27-19(20,21)22/h3-6,15H,7-8,24H2,1-2H3/t15-/m1/s1. The summed E-state index contributed by atoms with van der Waals surface area (Å²) in [5.41, 5.74) is 6.44. The normalized spacial score (nSPS) is 22.1. The molecular formula is C19H17F3N2O3. The van der Waals surface area contributed by atoms with Gasteiger partial charge in [-0.25, -0.2) is 0 Å². The van der Waals surface area contributed by atoms with Crippen LogP contribution in [-0.2, 0) is 9.53 Å². The average Bonchev–Trinajstić information content (AvgIpc) is 2.51. The molecule has 1 aliphatic heterocycles. The molecule has 2 aliphatic rings. The molecule has 1 aromatic carbocycles. The van der Waals surface area contributed by atoms with E-state index in [9.17, 15) is 23.2 Å². The van der Waals surface area contributed by atoms with Gasteiger partial charge in [0.25, 0.3) is 0 Å². The average molecular weight is 378 g/mol. The lowest BCUT2D eigenvalue weighted by atomic mass is 9.70. The van der Waals surface area contributed by atoms with Crippen LogP contribution in [0.2, 0.25) is 0 Å². The van der Waals surface area contributed by atoms with Crippen LogP contribution in [0.4, 0.5) is 13.2 Å². The Hall–Kier alpha value is -2.95. The fourth-order valence-electron chi connectivity index (χ4n) is 3.48. The third-order valence-electron chi connectivity index (χ3n) is 4.52. The number of hydrogen-bond donors (Lipinski definition) is 1. The number of ether oxygens (including phenoxy) is 2. The van der Waals surface area contributed by atoms with Crippen LogP contribution in [0, 0.1) is 16.7 Å². The van der Waals surface area contributed by atoms with E-state index >= 15 is 0 Å². The van der Waals surface area contributed by atoms with Gasteiger partial charge in [0.15, 0.2) is 5.78 Å². The van der Waals surface area contributed by atoms with E-state index in [4.69, 9.17) is 10.5 Å². The predicted molar refractivity (Wildman–Crippen MR) is 88.8 cm³/mol. The number of carbonyl (C=O) groups excluding carboxylic acids is 1. The van der Waals surface area contributed by atoms with Gasteiger partial charge in [0, 0.05) is 18.4 Å². The molecule has 1 aliphatic carbocycles. The maximum Gasteiger partial charge on any atom is 0.573 e. The molecule has 0 unspecified atom stereocenters. The first-order chi connectivity index (χ1) is 12.5. The number of hydrogen-bond acceptors (Lipinski definition) is 5. The zero-order valence-corrected chi connectivity index (χ0v) is 14.7. The molecule has 0 fully saturated rings. The Morgan fingerprint density at radius 2 is 1.89 bits per heavy atom. The largest absolute Gasteiger partial charge is 0.573 e. The van der Waals surface area contributed by atoms with Crippen LogP contribution in [-0.4, -0.2) is 12.1 Å². The molecule has 0 amide bonds. The van der Waals surface area contributed by atoms with Gasteiger partial charge in [0.1, 0.15) is 23.2 Å². The first-order valence-electron chi connectivity index (χ1n) is 8.20. The molecule has 27 heavy (non-hydrogen) atoms. The van der Waals surface area contributed by atoms with E-state index in [-0.39, 0.29) is 34.8 Å². The molecule has 0 spiro atoms. The van der Waals surface area contributed by atoms with E-state index in [0.717, 1.165) is 12.1 Å². The molecule has 1 aromatic rings. The van der Waals surface area contributed by atoms with Gasteiger partial charge >= 0.3 is 6.36 Å². The number of carbonyl (C=O) groups is 1. The Morgan fingerprint density at radius 3 is 2.44 bits per heavy atom. The summed E-state index contributed by atoms with van der Waals surface area (Å²) in [6.07, 6.45) is -4.05. The predicted octanol–water partition coefficient (Wildman–Crippen LogP) is 4.04. The van der Waals surface area contributed by atoms with E-state index in [1.807, 2.05) is 19.9 Å². The second kappa shape index (κ2) is 6.34. The Kier molecular flexibility index (Phi) is 4.42. The van der Waals surface area contributed by atoms with Crippen molar-refractivity contribution in [1.82, 2.24) is 0 Å². The monoisotopic (exact) mass is 378 g/mol. The molecule has 5 nitrogen and oxygen atoms in total. The summed E-state index contributed by atoms with van der Waals surface area (Å²) in [5.74, 6) is -1.01. The first-order valence-corrected chi connectivity index (χ1v) is 8.20. The van der Waals surface area contributed by atoms with Gasteiger partial charge in [-0.2, -0.15) is 5.26 Å². The maximum atomic E-state index is 12.8. The van der Waals surface area contributed by atoms with E-state index in [1.165, 1.54) is 12.1 Å². The molecule has 0 saturated carbocycles. The van der Waals surface area contributed by atoms with Crippen LogP contribution < -0.4 is 10.5 Å². The minimum Gasteiger partial charge on any atom is -0.444 e. The highest BCUT2D eigenvalue weighted by Crippen LogP contribution is 2.48. The van der Waals surface area contributed by atoms with Crippen molar-refractivity contribution in [1.29, 1.82) is 5.26 Å². The van der Waals surface area contributed by atoms with Crippen molar-refractivity contribution >= 4 is 5.78 Å². The minimum absolute atomic E-state index is 0.0614. The zero-order chi connectivity index (χ0) is 20.0. The molecule has 0 aromatic heterocycles. The van der Waals surface area contributed by atoms with Crippen molar-refractivity contribution in [3.05, 3.63) is 52.6 Å². The number of alkyl halides is 3. The summed E-state index contributed by atoms with van der Waals surface area (Å²) in [6, 6.07) is 7.02. The van der Waals surface area contributed by atoms with E-state index < -0.39 is 12.3 Å². The highest BCUT2D eigenvalue weighted by atomic mass is 19.4. The Bertz CT molecular complexity index is 890. The van der Waals surface area contributed by atoms with Gasteiger partial charge in [-0.05, 0) is 23.1 Å². The van der Waals surface area contributed by atoms with Gasteiger partial charge < -0.3 is 15.2 Å². The lowest BCUT2D eigenvalue weighted by molar-refractivity contribution is -0.274. The second-order valence-corrected chi connectivity index (χ2v) is 7.32. The molecule has 0 radical (unpaired) electrons. The minimum atomic E-state index is -4.80. The fraction of sp³-hybridized carbons (Fsp3) is 0.368. The Balaban J connectivity index is 2.05. The third-order valence-corrected chi connectivity index (χ3v) is 4.52. The summed E-state index contributed by atoms with van der Waals surface area (Å²) in [7, 11) is 0. The SMILES string of the molecule is CC1(C)CC(=O)C2=C(C1)OC(N)=C(C#N)[C@H]2c1ccc(OC(F)(F)F)cc1. The second-order valence-electron chi connectivity index (χ2n) is 7.32. The van der Waals surface area contributed by atoms with Crippen molar-refractivity contribution in [2.75, 3.05) is 0 Å².